The zero-order valence-electron chi connectivity index (χ0n) is 32.5. The molecule has 0 unspecified atom stereocenters. The minimum absolute atomic E-state index is 0.626. The first-order chi connectivity index (χ1) is 23.5. The van der Waals surface area contributed by atoms with Gasteiger partial charge in [-0.15, -0.1) is 0 Å². The van der Waals surface area contributed by atoms with Crippen LogP contribution in [0.1, 0.15) is 82.9 Å². The Balaban J connectivity index is 0.000000166. The molecule has 6 heteroatoms. The monoisotopic (exact) mass is 669 g/mol. The average Bonchev–Trinajstić information content (AvgIpc) is 3.13. The number of likely N-dealkylation sites (N-methyl/N-ethyl adjacent to an activating group) is 3. The number of hydrogen-bond donors (Lipinski definition) is 0. The Hall–Kier alpha value is -3.06. The highest BCUT2D eigenvalue weighted by Crippen LogP contribution is 2.23. The molecule has 0 aliphatic carbocycles. The van der Waals surface area contributed by atoms with Gasteiger partial charge in [-0.3, -0.25) is 0 Å². The molecule has 0 N–H and O–H groups in total. The Morgan fingerprint density at radius 2 is 0.633 bits per heavy atom. The summed E-state index contributed by atoms with van der Waals surface area (Å²) in [5, 5.41) is 0. The Morgan fingerprint density at radius 1 is 0.388 bits per heavy atom. The van der Waals surface area contributed by atoms with E-state index < -0.39 is 0 Å². The highest BCUT2D eigenvalue weighted by molar-refractivity contribution is 5.50. The molecule has 49 heavy (non-hydrogen) atoms. The van der Waals surface area contributed by atoms with Crippen molar-refractivity contribution in [1.82, 2.24) is 14.7 Å². The minimum atomic E-state index is 0.626. The Bertz CT molecular complexity index is 1240. The predicted molar refractivity (Wildman–Crippen MR) is 215 cm³/mol. The maximum atomic E-state index is 2.51. The van der Waals surface area contributed by atoms with E-state index in [1.165, 1.54) is 79.6 Å². The van der Waals surface area contributed by atoms with Crippen molar-refractivity contribution >= 4 is 17.1 Å². The largest absolute Gasteiger partial charge is 0.369 e. The molecule has 3 aromatic rings. The van der Waals surface area contributed by atoms with Gasteiger partial charge in [-0.1, -0.05) is 84.9 Å². The summed E-state index contributed by atoms with van der Waals surface area (Å²) in [5.74, 6) is 1.88. The highest BCUT2D eigenvalue weighted by atomic mass is 15.3. The van der Waals surface area contributed by atoms with Gasteiger partial charge in [0.1, 0.15) is 0 Å². The van der Waals surface area contributed by atoms with Crippen LogP contribution in [0.15, 0.2) is 72.8 Å². The molecule has 0 bridgehead atoms. The quantitative estimate of drug-likeness (QED) is 0.252. The lowest BCUT2D eigenvalue weighted by molar-refractivity contribution is 0.271. The van der Waals surface area contributed by atoms with E-state index in [-0.39, 0.29) is 0 Å². The maximum absolute atomic E-state index is 2.51. The van der Waals surface area contributed by atoms with E-state index in [0.29, 0.717) is 17.8 Å². The summed E-state index contributed by atoms with van der Waals surface area (Å²) in [6.45, 7) is 30.9. The van der Waals surface area contributed by atoms with E-state index in [0.717, 1.165) is 39.3 Å². The summed E-state index contributed by atoms with van der Waals surface area (Å²) in [6.07, 6.45) is 0. The van der Waals surface area contributed by atoms with Crippen LogP contribution in [0, 0.1) is 0 Å². The van der Waals surface area contributed by atoms with E-state index >= 15 is 0 Å². The van der Waals surface area contributed by atoms with Crippen LogP contribution in [0.25, 0.3) is 0 Å². The molecule has 3 aromatic carbocycles. The molecule has 0 radical (unpaired) electrons. The van der Waals surface area contributed by atoms with Crippen molar-refractivity contribution < 1.29 is 0 Å². The van der Waals surface area contributed by atoms with Crippen molar-refractivity contribution in [3.63, 3.8) is 0 Å². The third kappa shape index (κ3) is 12.0. The molecule has 0 spiro atoms. The van der Waals surface area contributed by atoms with Crippen molar-refractivity contribution in [2.75, 3.05) is 114 Å². The van der Waals surface area contributed by atoms with Crippen molar-refractivity contribution in [1.29, 1.82) is 0 Å². The zero-order valence-corrected chi connectivity index (χ0v) is 32.5. The number of rotatable bonds is 7. The highest BCUT2D eigenvalue weighted by Gasteiger charge is 2.17. The fourth-order valence-corrected chi connectivity index (χ4v) is 6.66. The first-order valence-electron chi connectivity index (χ1n) is 19.2. The van der Waals surface area contributed by atoms with Crippen LogP contribution in [0.4, 0.5) is 17.1 Å². The molecule has 0 amide bonds. The van der Waals surface area contributed by atoms with Gasteiger partial charge in [0.15, 0.2) is 0 Å². The van der Waals surface area contributed by atoms with E-state index in [9.17, 15) is 0 Å². The third-order valence-corrected chi connectivity index (χ3v) is 10.6. The van der Waals surface area contributed by atoms with Crippen LogP contribution in [0.5, 0.6) is 0 Å². The summed E-state index contributed by atoms with van der Waals surface area (Å²) in [6, 6.07) is 27.2. The second kappa shape index (κ2) is 19.4. The maximum Gasteiger partial charge on any atom is 0.0367 e. The molecule has 3 heterocycles. The van der Waals surface area contributed by atoms with E-state index in [1.807, 2.05) is 0 Å². The molecule has 0 atom stereocenters. The van der Waals surface area contributed by atoms with Crippen molar-refractivity contribution in [3.05, 3.63) is 89.5 Å². The van der Waals surface area contributed by atoms with Gasteiger partial charge in [0.2, 0.25) is 0 Å². The molecule has 6 rings (SSSR count). The average molecular weight is 669 g/mol. The Kier molecular flexibility index (Phi) is 15.3. The molecule has 270 valence electrons. The predicted octanol–water partition coefficient (Wildman–Crippen LogP) is 8.08. The number of anilines is 3. The Labute approximate surface area is 300 Å². The SMILES string of the molecule is CC(C)c1ccc(N2CCN(C)CC2)cc1.CC(C)c1ccc(N2CCN(C)CC2)cc1.CCN1CCN(c2ccc(C(C)C)cc2)CC1. The van der Waals surface area contributed by atoms with Gasteiger partial charge in [-0.25, -0.2) is 0 Å². The van der Waals surface area contributed by atoms with E-state index in [1.54, 1.807) is 0 Å². The molecule has 3 aliphatic rings. The lowest BCUT2D eigenvalue weighted by atomic mass is 10.0. The normalized spacial score (nSPS) is 18.0. The number of benzene rings is 3. The van der Waals surface area contributed by atoms with E-state index in [2.05, 4.69) is 165 Å². The summed E-state index contributed by atoms with van der Waals surface area (Å²) in [7, 11) is 4.39. The van der Waals surface area contributed by atoms with Crippen LogP contribution in [-0.2, 0) is 0 Å². The van der Waals surface area contributed by atoms with Crippen molar-refractivity contribution in [2.45, 2.75) is 66.2 Å². The number of hydrogen-bond acceptors (Lipinski definition) is 6. The van der Waals surface area contributed by atoms with Crippen LogP contribution in [-0.4, -0.2) is 114 Å². The fourth-order valence-electron chi connectivity index (χ4n) is 6.66. The second-order valence-corrected chi connectivity index (χ2v) is 15.2. The molecular formula is C43H68N6. The molecule has 0 aromatic heterocycles. The van der Waals surface area contributed by atoms with E-state index in [4.69, 9.17) is 0 Å². The smallest absolute Gasteiger partial charge is 0.0367 e. The van der Waals surface area contributed by atoms with Crippen molar-refractivity contribution in [3.8, 4) is 0 Å². The summed E-state index contributed by atoms with van der Waals surface area (Å²) < 4.78 is 0. The van der Waals surface area contributed by atoms with Gasteiger partial charge in [0.05, 0.1) is 0 Å². The Morgan fingerprint density at radius 3 is 0.857 bits per heavy atom. The summed E-state index contributed by atoms with van der Waals surface area (Å²) in [5.41, 5.74) is 8.41. The van der Waals surface area contributed by atoms with Gasteiger partial charge in [0.25, 0.3) is 0 Å². The molecule has 3 saturated heterocycles. The van der Waals surface area contributed by atoms with Crippen LogP contribution >= 0.6 is 0 Å². The second-order valence-electron chi connectivity index (χ2n) is 15.2. The van der Waals surface area contributed by atoms with Crippen LogP contribution in [0.3, 0.4) is 0 Å². The molecule has 3 fully saturated rings. The molecule has 3 aliphatic heterocycles. The van der Waals surface area contributed by atoms with Gasteiger partial charge in [-0.2, -0.15) is 0 Å². The minimum Gasteiger partial charge on any atom is -0.369 e. The van der Waals surface area contributed by atoms with Gasteiger partial charge >= 0.3 is 0 Å². The molecular weight excluding hydrogens is 601 g/mol. The molecule has 6 nitrogen and oxygen atoms in total. The molecule has 0 saturated carbocycles. The van der Waals surface area contributed by atoms with Gasteiger partial charge in [-0.05, 0) is 91.5 Å². The number of piperazine rings is 3. The van der Waals surface area contributed by atoms with Crippen LogP contribution in [0.2, 0.25) is 0 Å². The third-order valence-electron chi connectivity index (χ3n) is 10.6. The summed E-state index contributed by atoms with van der Waals surface area (Å²) >= 11 is 0. The number of nitrogens with zero attached hydrogens (tertiary/aromatic N) is 6. The zero-order chi connectivity index (χ0) is 35.3. The van der Waals surface area contributed by atoms with Gasteiger partial charge < -0.3 is 29.4 Å². The fraction of sp³-hybridized carbons (Fsp3) is 0.581. The van der Waals surface area contributed by atoms with Gasteiger partial charge in [0, 0.05) is 95.6 Å². The summed E-state index contributed by atoms with van der Waals surface area (Å²) in [4.78, 5) is 14.7. The van der Waals surface area contributed by atoms with Crippen LogP contribution < -0.4 is 14.7 Å². The van der Waals surface area contributed by atoms with Crippen molar-refractivity contribution in [2.24, 2.45) is 0 Å². The first kappa shape index (κ1) is 38.7. The first-order valence-corrected chi connectivity index (χ1v) is 19.2. The lowest BCUT2D eigenvalue weighted by Crippen LogP contribution is -2.46. The topological polar surface area (TPSA) is 19.4 Å². The standard InChI is InChI=1S/C15H24N2.2C14H22N2/c1-4-16-9-11-17(12-10-16)15-7-5-14(6-8-15)13(2)3;2*1-12(2)13-4-6-14(7-5-13)16-10-8-15(3)9-11-16/h5-8,13H,4,9-12H2,1-3H3;2*4-7,12H,8-11H2,1-3H3. The lowest BCUT2D eigenvalue weighted by Gasteiger charge is -2.35.